The van der Waals surface area contributed by atoms with Crippen molar-refractivity contribution < 1.29 is 13.9 Å². The number of carbonyl (C=O) groups is 1. The van der Waals surface area contributed by atoms with Crippen LogP contribution in [0.15, 0.2) is 96.1 Å². The Bertz CT molecular complexity index is 2400. The van der Waals surface area contributed by atoms with Crippen LogP contribution < -0.4 is 36.0 Å². The van der Waals surface area contributed by atoms with Crippen molar-refractivity contribution in [2.24, 2.45) is 0 Å². The lowest BCUT2D eigenvalue weighted by Gasteiger charge is -2.36. The van der Waals surface area contributed by atoms with Crippen LogP contribution in [0.4, 0.5) is 33.2 Å². The zero-order valence-electron chi connectivity index (χ0n) is 30.0. The van der Waals surface area contributed by atoms with E-state index in [1.54, 1.807) is 6.07 Å². The van der Waals surface area contributed by atoms with Crippen molar-refractivity contribution in [2.75, 3.05) is 73.0 Å². The van der Waals surface area contributed by atoms with Gasteiger partial charge < -0.3 is 35.4 Å². The van der Waals surface area contributed by atoms with E-state index in [9.17, 15) is 14.0 Å². The van der Waals surface area contributed by atoms with Crippen LogP contribution in [0.2, 0.25) is 0 Å². The fourth-order valence-electron chi connectivity index (χ4n) is 7.57. The number of halogens is 1. The maximum Gasteiger partial charge on any atom is 0.298 e. The van der Waals surface area contributed by atoms with E-state index in [0.29, 0.717) is 33.6 Å². The van der Waals surface area contributed by atoms with E-state index >= 15 is 0 Å². The second-order valence-electron chi connectivity index (χ2n) is 14.0. The molecule has 3 aliphatic heterocycles. The number of nitrogens with two attached hydrogens (primary N) is 1. The number of thiophene rings is 1. The predicted molar refractivity (Wildman–Crippen MR) is 213 cm³/mol. The number of likely N-dealkylation sites (tertiary alicyclic amines) is 1. The molecule has 0 spiro atoms. The van der Waals surface area contributed by atoms with E-state index in [0.717, 1.165) is 75.8 Å². The summed E-state index contributed by atoms with van der Waals surface area (Å²) in [5, 5.41) is 3.22. The molecule has 15 heteroatoms. The fraction of sp³-hybridized carbons (Fsp3) is 0.275. The molecule has 13 nitrogen and oxygen atoms in total. The largest absolute Gasteiger partial charge is 0.471 e. The van der Waals surface area contributed by atoms with Crippen LogP contribution in [0.25, 0.3) is 16.0 Å². The lowest BCUT2D eigenvalue weighted by Crippen LogP contribution is -2.47. The van der Waals surface area contributed by atoms with Crippen LogP contribution in [0.3, 0.4) is 0 Å². The average molecular weight is 759 g/mol. The van der Waals surface area contributed by atoms with E-state index in [-0.39, 0.29) is 17.8 Å². The Morgan fingerprint density at radius 2 is 1.65 bits per heavy atom. The number of ether oxygens (including phenoxy) is 1. The molecule has 6 heterocycles. The normalized spacial score (nSPS) is 17.1. The number of para-hydroxylation sites is 1. The first-order valence-corrected chi connectivity index (χ1v) is 19.2. The summed E-state index contributed by atoms with van der Waals surface area (Å²) in [5.74, 6) is 0.535. The van der Waals surface area contributed by atoms with Crippen LogP contribution in [-0.2, 0) is 6.42 Å². The molecule has 0 aliphatic carbocycles. The molecule has 0 bridgehead atoms. The molecule has 9 rings (SSSR count). The molecule has 1 atom stereocenters. The van der Waals surface area contributed by atoms with E-state index < -0.39 is 11.4 Å². The van der Waals surface area contributed by atoms with Gasteiger partial charge in [-0.25, -0.2) is 19.3 Å². The summed E-state index contributed by atoms with van der Waals surface area (Å²) in [6.45, 7) is 6.14. The van der Waals surface area contributed by atoms with Gasteiger partial charge in [-0.1, -0.05) is 30.3 Å². The first kappa shape index (κ1) is 34.7. The lowest BCUT2D eigenvalue weighted by atomic mass is 10.1. The van der Waals surface area contributed by atoms with Gasteiger partial charge in [0.2, 0.25) is 5.95 Å². The van der Waals surface area contributed by atoms with Crippen LogP contribution in [-0.4, -0.2) is 88.9 Å². The van der Waals surface area contributed by atoms with Gasteiger partial charge in [0.05, 0.1) is 34.2 Å². The SMILES string of the molecule is Nc1nc2sc(C(=O)NC3CCN(CCc4ccc(N5CCN(c6ncc(F)cn6)CC5)cc4)C3)cc2n(-c2ccc3c(c2)N(c2ccccc2)CO3)c1=O. The molecule has 1 amide bonds. The molecule has 280 valence electrons. The maximum absolute atomic E-state index is 13.6. The number of nitrogen functional groups attached to an aromatic ring is 1. The van der Waals surface area contributed by atoms with Crippen LogP contribution >= 0.6 is 11.3 Å². The minimum atomic E-state index is -0.444. The number of amides is 1. The van der Waals surface area contributed by atoms with Crippen molar-refractivity contribution in [1.82, 2.24) is 29.7 Å². The Hall–Kier alpha value is -6.06. The highest BCUT2D eigenvalue weighted by molar-refractivity contribution is 7.20. The lowest BCUT2D eigenvalue weighted by molar-refractivity contribution is 0.0942. The molecule has 0 saturated carbocycles. The number of hydrogen-bond acceptors (Lipinski definition) is 12. The minimum absolute atomic E-state index is 0.0139. The summed E-state index contributed by atoms with van der Waals surface area (Å²) in [5.41, 5.74) is 11.1. The Kier molecular flexibility index (Phi) is 9.23. The summed E-state index contributed by atoms with van der Waals surface area (Å²) in [6.07, 6.45) is 4.19. The second-order valence-corrected chi connectivity index (χ2v) is 15.0. The van der Waals surface area contributed by atoms with Gasteiger partial charge in [0, 0.05) is 63.2 Å². The first-order chi connectivity index (χ1) is 26.9. The third-order valence-corrected chi connectivity index (χ3v) is 11.5. The summed E-state index contributed by atoms with van der Waals surface area (Å²) in [7, 11) is 0. The van der Waals surface area contributed by atoms with Crippen molar-refractivity contribution in [3.63, 3.8) is 0 Å². The smallest absolute Gasteiger partial charge is 0.298 e. The molecule has 2 saturated heterocycles. The van der Waals surface area contributed by atoms with E-state index in [2.05, 4.69) is 59.2 Å². The van der Waals surface area contributed by atoms with Gasteiger partial charge in [-0.15, -0.1) is 11.3 Å². The van der Waals surface area contributed by atoms with E-state index in [1.807, 2.05) is 53.4 Å². The number of fused-ring (bicyclic) bond motifs is 2. The number of aromatic nitrogens is 4. The summed E-state index contributed by atoms with van der Waals surface area (Å²) >= 11 is 1.23. The van der Waals surface area contributed by atoms with Gasteiger partial charge in [-0.3, -0.25) is 14.2 Å². The molecule has 3 aromatic carbocycles. The van der Waals surface area contributed by atoms with Crippen molar-refractivity contribution >= 4 is 56.4 Å². The number of nitrogens with one attached hydrogen (secondary N) is 1. The Morgan fingerprint density at radius 3 is 2.44 bits per heavy atom. The zero-order chi connectivity index (χ0) is 37.5. The first-order valence-electron chi connectivity index (χ1n) is 18.4. The molecule has 2 fully saturated rings. The predicted octanol–water partition coefficient (Wildman–Crippen LogP) is 4.82. The van der Waals surface area contributed by atoms with Gasteiger partial charge in [-0.2, -0.15) is 0 Å². The second kappa shape index (κ2) is 14.6. The fourth-order valence-corrected chi connectivity index (χ4v) is 8.50. The van der Waals surface area contributed by atoms with Gasteiger partial charge in [0.25, 0.3) is 11.5 Å². The molecule has 1 unspecified atom stereocenters. The summed E-state index contributed by atoms with van der Waals surface area (Å²) in [6, 6.07) is 26.0. The highest BCUT2D eigenvalue weighted by Crippen LogP contribution is 2.40. The quantitative estimate of drug-likeness (QED) is 0.210. The third-order valence-electron chi connectivity index (χ3n) is 10.5. The molecular weight excluding hydrogens is 720 g/mol. The number of anilines is 5. The maximum atomic E-state index is 13.6. The van der Waals surface area contributed by atoms with Gasteiger partial charge in [-0.05, 0) is 66.9 Å². The van der Waals surface area contributed by atoms with Crippen molar-refractivity contribution in [3.8, 4) is 11.4 Å². The molecule has 55 heavy (non-hydrogen) atoms. The third kappa shape index (κ3) is 7.03. The highest BCUT2D eigenvalue weighted by atomic mass is 32.1. The number of nitrogens with zero attached hydrogens (tertiary/aromatic N) is 8. The van der Waals surface area contributed by atoms with Crippen molar-refractivity contribution in [3.05, 3.63) is 118 Å². The Balaban J connectivity index is 0.812. The topological polar surface area (TPSA) is 138 Å². The van der Waals surface area contributed by atoms with E-state index in [1.165, 1.54) is 39.5 Å². The van der Waals surface area contributed by atoms with E-state index in [4.69, 9.17) is 10.5 Å². The molecule has 3 aliphatic rings. The average Bonchev–Trinajstić information content (AvgIpc) is 3.97. The molecule has 3 N–H and O–H groups in total. The number of rotatable bonds is 9. The Labute approximate surface area is 320 Å². The number of carbonyl (C=O) groups excluding carboxylic acids is 1. The van der Waals surface area contributed by atoms with Crippen molar-refractivity contribution in [2.45, 2.75) is 18.9 Å². The van der Waals surface area contributed by atoms with Gasteiger partial charge in [0.1, 0.15) is 10.6 Å². The van der Waals surface area contributed by atoms with Crippen LogP contribution in [0, 0.1) is 5.82 Å². The summed E-state index contributed by atoms with van der Waals surface area (Å²) in [4.78, 5) is 49.5. The standard InChI is InChI=1S/C40H39FN10O3S/c41-27-22-43-40(44-23-27)49-18-16-48(17-19-49)29-8-6-26(7-9-29)12-14-47-15-13-28(24-47)45-37(52)35-21-33-38(55-35)46-36(42)39(53)51(33)31-10-11-34-32(20-31)50(25-54-34)30-4-2-1-3-5-30/h1-11,20-23,28H,12-19,24-25H2,(H2,42,46)(H,45,52). The molecular formula is C40H39FN10O3S. The zero-order valence-corrected chi connectivity index (χ0v) is 30.8. The van der Waals surface area contributed by atoms with Gasteiger partial charge in [0.15, 0.2) is 18.4 Å². The number of hydrogen-bond donors (Lipinski definition) is 2. The minimum Gasteiger partial charge on any atom is -0.471 e. The van der Waals surface area contributed by atoms with Crippen LogP contribution in [0.1, 0.15) is 21.7 Å². The summed E-state index contributed by atoms with van der Waals surface area (Å²) < 4.78 is 20.7. The van der Waals surface area contributed by atoms with Crippen LogP contribution in [0.5, 0.6) is 5.75 Å². The highest BCUT2D eigenvalue weighted by Gasteiger charge is 2.27. The molecule has 0 radical (unpaired) electrons. The molecule has 6 aromatic rings. The number of piperazine rings is 1. The number of benzene rings is 3. The monoisotopic (exact) mass is 758 g/mol. The Morgan fingerprint density at radius 1 is 0.909 bits per heavy atom. The van der Waals surface area contributed by atoms with Gasteiger partial charge >= 0.3 is 0 Å². The molecule has 3 aromatic heterocycles. The van der Waals surface area contributed by atoms with Crippen molar-refractivity contribution in [1.29, 1.82) is 0 Å².